The number of carbonyl (C=O) groups is 1. The maximum Gasteiger partial charge on any atom is 0.269 e. The van der Waals surface area contributed by atoms with E-state index >= 15 is 0 Å². The molecule has 0 atom stereocenters. The molecule has 0 aliphatic heterocycles. The summed E-state index contributed by atoms with van der Waals surface area (Å²) in [6, 6.07) is 5.71. The van der Waals surface area contributed by atoms with E-state index in [1.807, 2.05) is 25.1 Å². The topological polar surface area (TPSA) is 68.9 Å². The van der Waals surface area contributed by atoms with Crippen LogP contribution in [-0.2, 0) is 6.42 Å². The van der Waals surface area contributed by atoms with Crippen LogP contribution in [0.1, 0.15) is 23.1 Å². The van der Waals surface area contributed by atoms with E-state index in [1.54, 1.807) is 0 Å². The molecule has 0 radical (unpaired) electrons. The first-order valence-electron chi connectivity index (χ1n) is 4.87. The SMILES string of the molecule is CCc1nc2cc(I)ccc2nc1C(N)=O. The number of amides is 1. The molecule has 0 fully saturated rings. The number of hydrogen-bond donors (Lipinski definition) is 1. The molecule has 4 nitrogen and oxygen atoms in total. The molecule has 16 heavy (non-hydrogen) atoms. The van der Waals surface area contributed by atoms with Crippen molar-refractivity contribution in [3.8, 4) is 0 Å². The highest BCUT2D eigenvalue weighted by molar-refractivity contribution is 14.1. The van der Waals surface area contributed by atoms with Crippen LogP contribution < -0.4 is 5.73 Å². The standard InChI is InChI=1S/C11H10IN3O/c1-2-7-10(11(13)16)15-8-4-3-6(12)5-9(8)14-7/h3-5H,2H2,1H3,(H2,13,16). The lowest BCUT2D eigenvalue weighted by Crippen LogP contribution is -2.17. The minimum absolute atomic E-state index is 0.274. The van der Waals surface area contributed by atoms with Crippen LogP contribution in [0.3, 0.4) is 0 Å². The molecule has 0 saturated heterocycles. The average Bonchev–Trinajstić information content (AvgIpc) is 2.26. The van der Waals surface area contributed by atoms with Crippen LogP contribution in [0.5, 0.6) is 0 Å². The summed E-state index contributed by atoms with van der Waals surface area (Å²) in [7, 11) is 0. The molecule has 0 saturated carbocycles. The second-order valence-electron chi connectivity index (χ2n) is 3.37. The Morgan fingerprint density at radius 2 is 2.12 bits per heavy atom. The van der Waals surface area contributed by atoms with Gasteiger partial charge in [0.1, 0.15) is 5.69 Å². The maximum atomic E-state index is 11.2. The summed E-state index contributed by atoms with van der Waals surface area (Å²) in [5.41, 5.74) is 7.70. The number of hydrogen-bond acceptors (Lipinski definition) is 3. The van der Waals surface area contributed by atoms with E-state index in [-0.39, 0.29) is 5.69 Å². The van der Waals surface area contributed by atoms with Crippen molar-refractivity contribution in [1.29, 1.82) is 0 Å². The van der Waals surface area contributed by atoms with Gasteiger partial charge in [-0.1, -0.05) is 6.92 Å². The summed E-state index contributed by atoms with van der Waals surface area (Å²) >= 11 is 2.21. The highest BCUT2D eigenvalue weighted by Crippen LogP contribution is 2.16. The van der Waals surface area contributed by atoms with Gasteiger partial charge in [-0.25, -0.2) is 9.97 Å². The molecular weight excluding hydrogens is 317 g/mol. The Balaban J connectivity index is 2.75. The number of fused-ring (bicyclic) bond motifs is 1. The van der Waals surface area contributed by atoms with Gasteiger partial charge in [-0.3, -0.25) is 4.79 Å². The van der Waals surface area contributed by atoms with E-state index < -0.39 is 5.91 Å². The van der Waals surface area contributed by atoms with Crippen LogP contribution in [0.25, 0.3) is 11.0 Å². The predicted octanol–water partition coefficient (Wildman–Crippen LogP) is 1.90. The normalized spacial score (nSPS) is 10.6. The van der Waals surface area contributed by atoms with Gasteiger partial charge in [0.2, 0.25) is 0 Å². The van der Waals surface area contributed by atoms with Gasteiger partial charge in [0.15, 0.2) is 0 Å². The van der Waals surface area contributed by atoms with E-state index in [0.29, 0.717) is 17.6 Å². The molecule has 0 bridgehead atoms. The molecule has 0 unspecified atom stereocenters. The first-order valence-corrected chi connectivity index (χ1v) is 5.95. The summed E-state index contributed by atoms with van der Waals surface area (Å²) in [6.45, 7) is 1.93. The Kier molecular flexibility index (Phi) is 3.04. The van der Waals surface area contributed by atoms with Gasteiger partial charge >= 0.3 is 0 Å². The zero-order chi connectivity index (χ0) is 11.7. The predicted molar refractivity (Wildman–Crippen MR) is 70.2 cm³/mol. The number of aromatic nitrogens is 2. The lowest BCUT2D eigenvalue weighted by atomic mass is 10.2. The van der Waals surface area contributed by atoms with Crippen LogP contribution in [0.4, 0.5) is 0 Å². The first kappa shape index (κ1) is 11.3. The lowest BCUT2D eigenvalue weighted by molar-refractivity contribution is 0.0994. The number of nitrogens with two attached hydrogens (primary N) is 1. The highest BCUT2D eigenvalue weighted by atomic mass is 127. The quantitative estimate of drug-likeness (QED) is 0.857. The molecule has 1 aromatic heterocycles. The van der Waals surface area contributed by atoms with E-state index in [1.165, 1.54) is 0 Å². The number of primary amides is 1. The van der Waals surface area contributed by atoms with E-state index in [0.717, 1.165) is 9.09 Å². The van der Waals surface area contributed by atoms with Crippen molar-refractivity contribution in [2.24, 2.45) is 5.73 Å². The van der Waals surface area contributed by atoms with Crippen molar-refractivity contribution >= 4 is 39.5 Å². The van der Waals surface area contributed by atoms with E-state index in [9.17, 15) is 4.79 Å². The van der Waals surface area contributed by atoms with Gasteiger partial charge in [-0.05, 0) is 47.2 Å². The van der Waals surface area contributed by atoms with Crippen LogP contribution in [0.15, 0.2) is 18.2 Å². The molecule has 2 rings (SSSR count). The van der Waals surface area contributed by atoms with Gasteiger partial charge in [0.25, 0.3) is 5.91 Å². The minimum atomic E-state index is -0.523. The van der Waals surface area contributed by atoms with Gasteiger partial charge in [-0.2, -0.15) is 0 Å². The zero-order valence-electron chi connectivity index (χ0n) is 8.70. The van der Waals surface area contributed by atoms with Crippen molar-refractivity contribution in [2.45, 2.75) is 13.3 Å². The van der Waals surface area contributed by atoms with E-state index in [2.05, 4.69) is 32.6 Å². The fourth-order valence-corrected chi connectivity index (χ4v) is 1.98. The number of rotatable bonds is 2. The van der Waals surface area contributed by atoms with Crippen LogP contribution in [0.2, 0.25) is 0 Å². The smallest absolute Gasteiger partial charge is 0.269 e. The third kappa shape index (κ3) is 1.99. The molecule has 0 aliphatic carbocycles. The molecule has 0 aliphatic rings. The van der Waals surface area contributed by atoms with Gasteiger partial charge in [0, 0.05) is 3.57 Å². The summed E-state index contributed by atoms with van der Waals surface area (Å²) < 4.78 is 1.09. The zero-order valence-corrected chi connectivity index (χ0v) is 10.9. The number of aryl methyl sites for hydroxylation is 1. The molecule has 2 N–H and O–H groups in total. The molecular formula is C11H10IN3O. The Labute approximate surface area is 106 Å². The maximum absolute atomic E-state index is 11.2. The van der Waals surface area contributed by atoms with Crippen molar-refractivity contribution in [2.75, 3.05) is 0 Å². The molecule has 5 heteroatoms. The molecule has 1 aromatic carbocycles. The van der Waals surface area contributed by atoms with Gasteiger partial charge < -0.3 is 5.73 Å². The second kappa shape index (κ2) is 4.32. The minimum Gasteiger partial charge on any atom is -0.364 e. The number of carbonyl (C=O) groups excluding carboxylic acids is 1. The molecule has 1 amide bonds. The van der Waals surface area contributed by atoms with Crippen molar-refractivity contribution in [3.63, 3.8) is 0 Å². The first-order chi connectivity index (χ1) is 7.61. The van der Waals surface area contributed by atoms with Crippen molar-refractivity contribution < 1.29 is 4.79 Å². The fourth-order valence-electron chi connectivity index (χ4n) is 1.51. The molecule has 0 spiro atoms. The lowest BCUT2D eigenvalue weighted by Gasteiger charge is -2.05. The van der Waals surface area contributed by atoms with E-state index in [4.69, 9.17) is 5.73 Å². The summed E-state index contributed by atoms with van der Waals surface area (Å²) in [5, 5.41) is 0. The largest absolute Gasteiger partial charge is 0.364 e. The summed E-state index contributed by atoms with van der Waals surface area (Å²) in [4.78, 5) is 19.9. The molecule has 2 aromatic rings. The van der Waals surface area contributed by atoms with Crippen LogP contribution in [0, 0.1) is 3.57 Å². The Bertz CT molecular complexity index is 568. The fraction of sp³-hybridized carbons (Fsp3) is 0.182. The second-order valence-corrected chi connectivity index (χ2v) is 4.62. The van der Waals surface area contributed by atoms with Gasteiger partial charge in [0.05, 0.1) is 16.7 Å². The van der Waals surface area contributed by atoms with Crippen molar-refractivity contribution in [3.05, 3.63) is 33.2 Å². The third-order valence-corrected chi connectivity index (χ3v) is 2.94. The summed E-state index contributed by atoms with van der Waals surface area (Å²) in [5.74, 6) is -0.523. The molecule has 82 valence electrons. The average molecular weight is 327 g/mol. The third-order valence-electron chi connectivity index (χ3n) is 2.27. The number of nitrogens with zero attached hydrogens (tertiary/aromatic N) is 2. The van der Waals surface area contributed by atoms with Crippen molar-refractivity contribution in [1.82, 2.24) is 9.97 Å². The van der Waals surface area contributed by atoms with Gasteiger partial charge in [-0.15, -0.1) is 0 Å². The summed E-state index contributed by atoms with van der Waals surface area (Å²) in [6.07, 6.45) is 0.646. The Morgan fingerprint density at radius 1 is 1.38 bits per heavy atom. The number of halogens is 1. The number of benzene rings is 1. The van der Waals surface area contributed by atoms with Crippen LogP contribution >= 0.6 is 22.6 Å². The highest BCUT2D eigenvalue weighted by Gasteiger charge is 2.12. The Hall–Kier alpha value is -1.24. The monoisotopic (exact) mass is 327 g/mol. The Morgan fingerprint density at radius 3 is 2.75 bits per heavy atom. The van der Waals surface area contributed by atoms with Crippen LogP contribution in [-0.4, -0.2) is 15.9 Å². The molecule has 1 heterocycles.